The first-order chi connectivity index (χ1) is 14.6. The third-order valence-corrected chi connectivity index (χ3v) is 3.82. The Morgan fingerprint density at radius 2 is 1.00 bits per heavy atom. The van der Waals surface area contributed by atoms with Gasteiger partial charge in [-0.1, -0.05) is 12.1 Å². The highest BCUT2D eigenvalue weighted by molar-refractivity contribution is 7.79. The van der Waals surface area contributed by atoms with Crippen LogP contribution < -0.4 is 30.4 Å². The summed E-state index contributed by atoms with van der Waals surface area (Å²) in [5.74, 6) is 3.28. The second-order valence-electron chi connectivity index (χ2n) is 5.88. The van der Waals surface area contributed by atoms with Crippen LogP contribution in [-0.4, -0.2) is 70.0 Å². The standard InChI is InChI=1S/2C10H15NO2.H2O4S.2H2O/c2*1-12-9-4-3-8(5-6-11)10(7-9)13-2;1-5(2,3)4;;/h2*3-4,7H,5-6,11H2,1-2H3;(H2,1,2,3,4);2*1H2. The summed E-state index contributed by atoms with van der Waals surface area (Å²) in [4.78, 5) is 0. The maximum absolute atomic E-state index is 8.74. The molecule has 0 unspecified atom stereocenters. The van der Waals surface area contributed by atoms with E-state index in [0.29, 0.717) is 13.1 Å². The molecular weight excluding hydrogens is 460 g/mol. The molecule has 10 N–H and O–H groups in total. The van der Waals surface area contributed by atoms with Gasteiger partial charge in [-0.2, -0.15) is 8.42 Å². The zero-order valence-corrected chi connectivity index (χ0v) is 20.0. The molecule has 12 nitrogen and oxygen atoms in total. The van der Waals surface area contributed by atoms with Crippen LogP contribution in [0.4, 0.5) is 0 Å². The molecule has 0 saturated carbocycles. The van der Waals surface area contributed by atoms with E-state index < -0.39 is 10.4 Å². The zero-order valence-electron chi connectivity index (χ0n) is 19.2. The summed E-state index contributed by atoms with van der Waals surface area (Å²) in [6.07, 6.45) is 1.65. The molecule has 0 amide bonds. The SMILES string of the molecule is COc1ccc(CCN)c(OC)c1.COc1ccc(CCN)c(OC)c1.O.O.O=S(=O)(O)O. The first-order valence-electron chi connectivity index (χ1n) is 9.15. The Balaban J connectivity index is -0.000000433. The quantitative estimate of drug-likeness (QED) is 0.360. The second kappa shape index (κ2) is 18.9. The van der Waals surface area contributed by atoms with Gasteiger partial charge in [-0.15, -0.1) is 0 Å². The molecule has 0 radical (unpaired) electrons. The number of hydrogen-bond acceptors (Lipinski definition) is 8. The van der Waals surface area contributed by atoms with Crippen molar-refractivity contribution in [2.75, 3.05) is 41.5 Å². The molecule has 0 aliphatic carbocycles. The van der Waals surface area contributed by atoms with Gasteiger partial charge in [-0.3, -0.25) is 9.11 Å². The average molecular weight is 497 g/mol. The number of benzene rings is 2. The lowest BCUT2D eigenvalue weighted by molar-refractivity contribution is 0.380. The molecule has 0 heterocycles. The van der Waals surface area contributed by atoms with E-state index in [4.69, 9.17) is 47.9 Å². The van der Waals surface area contributed by atoms with Crippen LogP contribution in [0, 0.1) is 0 Å². The van der Waals surface area contributed by atoms with Gasteiger partial charge in [0.15, 0.2) is 0 Å². The van der Waals surface area contributed by atoms with Crippen molar-refractivity contribution >= 4 is 10.4 Å². The van der Waals surface area contributed by atoms with E-state index in [1.807, 2.05) is 36.4 Å². The van der Waals surface area contributed by atoms with Gasteiger partial charge in [0.1, 0.15) is 23.0 Å². The van der Waals surface area contributed by atoms with Crippen LogP contribution in [-0.2, 0) is 23.2 Å². The second-order valence-corrected chi connectivity index (χ2v) is 6.78. The normalized spacial score (nSPS) is 9.45. The van der Waals surface area contributed by atoms with E-state index in [1.54, 1.807) is 28.4 Å². The van der Waals surface area contributed by atoms with E-state index in [2.05, 4.69) is 0 Å². The summed E-state index contributed by atoms with van der Waals surface area (Å²) in [5.41, 5.74) is 13.2. The van der Waals surface area contributed by atoms with Crippen molar-refractivity contribution in [3.63, 3.8) is 0 Å². The van der Waals surface area contributed by atoms with Gasteiger partial charge in [0.05, 0.1) is 28.4 Å². The number of nitrogens with two attached hydrogens (primary N) is 2. The van der Waals surface area contributed by atoms with Crippen molar-refractivity contribution in [2.24, 2.45) is 11.5 Å². The lowest BCUT2D eigenvalue weighted by Crippen LogP contribution is -2.04. The lowest BCUT2D eigenvalue weighted by atomic mass is 10.1. The fourth-order valence-corrected chi connectivity index (χ4v) is 2.43. The molecule has 0 aliphatic rings. The topological polar surface area (TPSA) is 227 Å². The predicted molar refractivity (Wildman–Crippen MR) is 126 cm³/mol. The molecule has 2 aromatic carbocycles. The molecule has 2 aromatic rings. The van der Waals surface area contributed by atoms with Gasteiger partial charge < -0.3 is 41.4 Å². The summed E-state index contributed by atoms with van der Waals surface area (Å²) >= 11 is 0. The fraction of sp³-hybridized carbons (Fsp3) is 0.400. The largest absolute Gasteiger partial charge is 0.497 e. The van der Waals surface area contributed by atoms with Crippen LogP contribution in [0.5, 0.6) is 23.0 Å². The Kier molecular flexibility index (Phi) is 20.0. The van der Waals surface area contributed by atoms with Gasteiger partial charge in [-0.05, 0) is 49.2 Å². The Morgan fingerprint density at radius 1 is 0.697 bits per heavy atom. The van der Waals surface area contributed by atoms with Crippen LogP contribution in [0.2, 0.25) is 0 Å². The smallest absolute Gasteiger partial charge is 0.394 e. The minimum absolute atomic E-state index is 0. The maximum atomic E-state index is 8.74. The van der Waals surface area contributed by atoms with E-state index in [9.17, 15) is 0 Å². The van der Waals surface area contributed by atoms with Crippen LogP contribution in [0.25, 0.3) is 0 Å². The predicted octanol–water partition coefficient (Wildman–Crippen LogP) is 0.108. The molecule has 0 aromatic heterocycles. The highest BCUT2D eigenvalue weighted by atomic mass is 32.3. The van der Waals surface area contributed by atoms with Crippen LogP contribution in [0.15, 0.2) is 36.4 Å². The number of hydrogen-bond donors (Lipinski definition) is 4. The Bertz CT molecular complexity index is 814. The van der Waals surface area contributed by atoms with E-state index >= 15 is 0 Å². The first-order valence-corrected chi connectivity index (χ1v) is 10.5. The highest BCUT2D eigenvalue weighted by Gasteiger charge is 2.04. The van der Waals surface area contributed by atoms with Gasteiger partial charge in [0.2, 0.25) is 0 Å². The van der Waals surface area contributed by atoms with E-state index in [-0.39, 0.29) is 11.0 Å². The van der Waals surface area contributed by atoms with Crippen LogP contribution in [0.1, 0.15) is 11.1 Å². The number of ether oxygens (including phenoxy) is 4. The molecule has 2 rings (SSSR count). The third kappa shape index (κ3) is 15.7. The maximum Gasteiger partial charge on any atom is 0.394 e. The van der Waals surface area contributed by atoms with E-state index in [0.717, 1.165) is 47.0 Å². The van der Waals surface area contributed by atoms with E-state index in [1.165, 1.54) is 0 Å². The van der Waals surface area contributed by atoms with Crippen LogP contribution >= 0.6 is 0 Å². The van der Waals surface area contributed by atoms with Crippen molar-refractivity contribution in [2.45, 2.75) is 12.8 Å². The minimum Gasteiger partial charge on any atom is -0.497 e. The molecule has 192 valence electrons. The fourth-order valence-electron chi connectivity index (χ4n) is 2.43. The summed E-state index contributed by atoms with van der Waals surface area (Å²) in [5, 5.41) is 0. The molecular formula is C20H36N2O10S. The first kappa shape index (κ1) is 35.0. The Hall–Kier alpha value is -2.65. The third-order valence-electron chi connectivity index (χ3n) is 3.82. The van der Waals surface area contributed by atoms with Crippen molar-refractivity contribution in [3.05, 3.63) is 47.5 Å². The average Bonchev–Trinajstić information content (AvgIpc) is 2.74. The lowest BCUT2D eigenvalue weighted by Gasteiger charge is -2.08. The summed E-state index contributed by atoms with van der Waals surface area (Å²) < 4.78 is 52.2. The molecule has 33 heavy (non-hydrogen) atoms. The van der Waals surface area contributed by atoms with Gasteiger partial charge in [0.25, 0.3) is 0 Å². The summed E-state index contributed by atoms with van der Waals surface area (Å²) in [7, 11) is 1.90. The van der Waals surface area contributed by atoms with Crippen molar-refractivity contribution < 1.29 is 47.4 Å². The molecule has 0 spiro atoms. The zero-order chi connectivity index (χ0) is 23.9. The van der Waals surface area contributed by atoms with Crippen molar-refractivity contribution in [1.82, 2.24) is 0 Å². The van der Waals surface area contributed by atoms with Gasteiger partial charge >= 0.3 is 10.4 Å². The van der Waals surface area contributed by atoms with Crippen LogP contribution in [0.3, 0.4) is 0 Å². The molecule has 13 heteroatoms. The Labute approximate surface area is 194 Å². The molecule has 0 fully saturated rings. The van der Waals surface area contributed by atoms with Crippen molar-refractivity contribution in [3.8, 4) is 23.0 Å². The van der Waals surface area contributed by atoms with Crippen molar-refractivity contribution in [1.29, 1.82) is 0 Å². The minimum atomic E-state index is -4.67. The summed E-state index contributed by atoms with van der Waals surface area (Å²) in [6.45, 7) is 1.26. The summed E-state index contributed by atoms with van der Waals surface area (Å²) in [6, 6.07) is 11.5. The Morgan fingerprint density at radius 3 is 1.21 bits per heavy atom. The molecule has 0 saturated heterocycles. The molecule has 0 atom stereocenters. The highest BCUT2D eigenvalue weighted by Crippen LogP contribution is 2.25. The molecule has 0 bridgehead atoms. The number of methoxy groups -OCH3 is 4. The monoisotopic (exact) mass is 496 g/mol. The number of rotatable bonds is 8. The molecule has 0 aliphatic heterocycles. The van der Waals surface area contributed by atoms with Gasteiger partial charge in [0, 0.05) is 12.1 Å². The van der Waals surface area contributed by atoms with Gasteiger partial charge in [-0.25, -0.2) is 0 Å².